The Morgan fingerprint density at radius 2 is 2.19 bits per heavy atom. The standard InChI is InChI=1S/C13H18FNO/c1-3-15-8-9-16-10-13(15,2)11-6-4-5-7-12(11)14/h4-7H,3,8-10H2,1-2H3. The number of hydrogen-bond donors (Lipinski definition) is 0. The van der Waals surface area contributed by atoms with Gasteiger partial charge in [0.25, 0.3) is 0 Å². The number of nitrogens with zero attached hydrogens (tertiary/aromatic N) is 1. The number of morpholine rings is 1. The van der Waals surface area contributed by atoms with Gasteiger partial charge in [0.2, 0.25) is 0 Å². The molecule has 3 heteroatoms. The van der Waals surface area contributed by atoms with Gasteiger partial charge in [-0.2, -0.15) is 0 Å². The third-order valence-electron chi connectivity index (χ3n) is 3.42. The Morgan fingerprint density at radius 1 is 1.44 bits per heavy atom. The number of benzene rings is 1. The SMILES string of the molecule is CCN1CCOCC1(C)c1ccccc1F. The molecule has 16 heavy (non-hydrogen) atoms. The van der Waals surface area contributed by atoms with Crippen LogP contribution >= 0.6 is 0 Å². The molecule has 1 aromatic carbocycles. The van der Waals surface area contributed by atoms with Crippen LogP contribution in [0.3, 0.4) is 0 Å². The Hall–Kier alpha value is -0.930. The maximum Gasteiger partial charge on any atom is 0.128 e. The quantitative estimate of drug-likeness (QED) is 0.763. The van der Waals surface area contributed by atoms with E-state index in [2.05, 4.69) is 11.8 Å². The van der Waals surface area contributed by atoms with Crippen LogP contribution in [0.4, 0.5) is 4.39 Å². The second kappa shape index (κ2) is 4.52. The Morgan fingerprint density at radius 3 is 2.88 bits per heavy atom. The molecule has 0 amide bonds. The highest BCUT2D eigenvalue weighted by atomic mass is 19.1. The molecule has 0 bridgehead atoms. The van der Waals surface area contributed by atoms with Crippen LogP contribution in [0, 0.1) is 5.82 Å². The zero-order chi connectivity index (χ0) is 11.6. The van der Waals surface area contributed by atoms with Crippen LogP contribution in [-0.2, 0) is 10.3 Å². The fraction of sp³-hybridized carbons (Fsp3) is 0.538. The first kappa shape index (κ1) is 11.6. The molecule has 1 aliphatic heterocycles. The molecule has 1 heterocycles. The van der Waals surface area contributed by atoms with Crippen LogP contribution in [0.2, 0.25) is 0 Å². The monoisotopic (exact) mass is 223 g/mol. The Kier molecular flexibility index (Phi) is 3.26. The Bertz CT molecular complexity index is 369. The second-order valence-electron chi connectivity index (χ2n) is 4.39. The molecule has 2 rings (SSSR count). The highest BCUT2D eigenvalue weighted by Crippen LogP contribution is 2.32. The molecule has 0 spiro atoms. The molecule has 1 fully saturated rings. The number of halogens is 1. The lowest BCUT2D eigenvalue weighted by Crippen LogP contribution is -2.52. The molecule has 1 unspecified atom stereocenters. The van der Waals surface area contributed by atoms with Gasteiger partial charge in [-0.05, 0) is 19.5 Å². The van der Waals surface area contributed by atoms with Gasteiger partial charge in [-0.15, -0.1) is 0 Å². The molecular weight excluding hydrogens is 205 g/mol. The van der Waals surface area contributed by atoms with Gasteiger partial charge in [-0.3, -0.25) is 4.90 Å². The van der Waals surface area contributed by atoms with Crippen molar-refractivity contribution >= 4 is 0 Å². The summed E-state index contributed by atoms with van der Waals surface area (Å²) in [5, 5.41) is 0. The summed E-state index contributed by atoms with van der Waals surface area (Å²) in [6.45, 7) is 7.22. The summed E-state index contributed by atoms with van der Waals surface area (Å²) in [7, 11) is 0. The molecule has 0 saturated carbocycles. The largest absolute Gasteiger partial charge is 0.378 e. The van der Waals surface area contributed by atoms with E-state index in [0.717, 1.165) is 25.3 Å². The van der Waals surface area contributed by atoms with E-state index in [0.29, 0.717) is 6.61 Å². The minimum absolute atomic E-state index is 0.144. The van der Waals surface area contributed by atoms with Crippen molar-refractivity contribution in [1.29, 1.82) is 0 Å². The molecule has 0 aromatic heterocycles. The van der Waals surface area contributed by atoms with E-state index >= 15 is 0 Å². The van der Waals surface area contributed by atoms with Crippen LogP contribution in [0.1, 0.15) is 19.4 Å². The molecule has 0 N–H and O–H groups in total. The predicted molar refractivity (Wildman–Crippen MR) is 61.8 cm³/mol. The summed E-state index contributed by atoms with van der Waals surface area (Å²) in [6.07, 6.45) is 0. The van der Waals surface area contributed by atoms with Gasteiger partial charge in [0.05, 0.1) is 18.8 Å². The normalized spacial score (nSPS) is 26.9. The van der Waals surface area contributed by atoms with Crippen LogP contribution in [-0.4, -0.2) is 31.2 Å². The summed E-state index contributed by atoms with van der Waals surface area (Å²) in [5.41, 5.74) is 0.398. The number of ether oxygens (including phenoxy) is 1. The lowest BCUT2D eigenvalue weighted by molar-refractivity contribution is -0.0625. The topological polar surface area (TPSA) is 12.5 Å². The molecule has 1 atom stereocenters. The number of hydrogen-bond acceptors (Lipinski definition) is 2. The fourth-order valence-electron chi connectivity index (χ4n) is 2.44. The summed E-state index contributed by atoms with van der Waals surface area (Å²) in [4.78, 5) is 2.27. The van der Waals surface area contributed by atoms with Crippen LogP contribution in [0.25, 0.3) is 0 Å². The Labute approximate surface area is 96.0 Å². The molecular formula is C13H18FNO. The van der Waals surface area contributed by atoms with E-state index in [-0.39, 0.29) is 11.4 Å². The Balaban J connectivity index is 2.39. The van der Waals surface area contributed by atoms with Crippen molar-refractivity contribution in [2.45, 2.75) is 19.4 Å². The molecule has 1 aliphatic rings. The average Bonchev–Trinajstić information content (AvgIpc) is 2.30. The van der Waals surface area contributed by atoms with Gasteiger partial charge in [0, 0.05) is 12.1 Å². The minimum Gasteiger partial charge on any atom is -0.378 e. The number of likely N-dealkylation sites (N-methyl/N-ethyl adjacent to an activating group) is 1. The average molecular weight is 223 g/mol. The van der Waals surface area contributed by atoms with Crippen molar-refractivity contribution in [3.8, 4) is 0 Å². The van der Waals surface area contributed by atoms with Gasteiger partial charge >= 0.3 is 0 Å². The van der Waals surface area contributed by atoms with Crippen LogP contribution in [0.15, 0.2) is 24.3 Å². The smallest absolute Gasteiger partial charge is 0.128 e. The van der Waals surface area contributed by atoms with Gasteiger partial charge in [0.1, 0.15) is 5.82 Å². The molecule has 0 aliphatic carbocycles. The van der Waals surface area contributed by atoms with Gasteiger partial charge < -0.3 is 4.74 Å². The van der Waals surface area contributed by atoms with E-state index in [9.17, 15) is 4.39 Å². The first-order valence-corrected chi connectivity index (χ1v) is 5.76. The third kappa shape index (κ3) is 1.85. The van der Waals surface area contributed by atoms with E-state index in [1.54, 1.807) is 6.07 Å². The summed E-state index contributed by atoms with van der Waals surface area (Å²) >= 11 is 0. The second-order valence-corrected chi connectivity index (χ2v) is 4.39. The lowest BCUT2D eigenvalue weighted by atomic mass is 9.89. The fourth-order valence-corrected chi connectivity index (χ4v) is 2.44. The maximum absolute atomic E-state index is 13.8. The minimum atomic E-state index is -0.335. The van der Waals surface area contributed by atoms with Gasteiger partial charge in [0.15, 0.2) is 0 Å². The van der Waals surface area contributed by atoms with E-state index < -0.39 is 0 Å². The van der Waals surface area contributed by atoms with Crippen molar-refractivity contribution in [2.24, 2.45) is 0 Å². The van der Waals surface area contributed by atoms with Crippen molar-refractivity contribution in [1.82, 2.24) is 4.90 Å². The first-order chi connectivity index (χ1) is 7.68. The van der Waals surface area contributed by atoms with Crippen molar-refractivity contribution < 1.29 is 9.13 Å². The van der Waals surface area contributed by atoms with E-state index in [4.69, 9.17) is 4.74 Å². The maximum atomic E-state index is 13.8. The lowest BCUT2D eigenvalue weighted by Gasteiger charge is -2.44. The number of rotatable bonds is 2. The zero-order valence-electron chi connectivity index (χ0n) is 9.87. The van der Waals surface area contributed by atoms with Crippen LogP contribution < -0.4 is 0 Å². The van der Waals surface area contributed by atoms with Crippen LogP contribution in [0.5, 0.6) is 0 Å². The van der Waals surface area contributed by atoms with Crippen molar-refractivity contribution in [2.75, 3.05) is 26.3 Å². The van der Waals surface area contributed by atoms with Gasteiger partial charge in [-0.25, -0.2) is 4.39 Å². The molecule has 88 valence electrons. The third-order valence-corrected chi connectivity index (χ3v) is 3.42. The van der Waals surface area contributed by atoms with E-state index in [1.807, 2.05) is 19.1 Å². The summed E-state index contributed by atoms with van der Waals surface area (Å²) in [6, 6.07) is 6.98. The zero-order valence-corrected chi connectivity index (χ0v) is 9.87. The molecule has 0 radical (unpaired) electrons. The summed E-state index contributed by atoms with van der Waals surface area (Å²) < 4.78 is 19.4. The highest BCUT2D eigenvalue weighted by Gasteiger charge is 2.37. The van der Waals surface area contributed by atoms with E-state index in [1.165, 1.54) is 6.07 Å². The van der Waals surface area contributed by atoms with Crippen molar-refractivity contribution in [3.63, 3.8) is 0 Å². The van der Waals surface area contributed by atoms with Crippen molar-refractivity contribution in [3.05, 3.63) is 35.6 Å². The molecule has 1 aromatic rings. The predicted octanol–water partition coefficient (Wildman–Crippen LogP) is 2.39. The van der Waals surface area contributed by atoms with Gasteiger partial charge in [-0.1, -0.05) is 25.1 Å². The summed E-state index contributed by atoms with van der Waals surface area (Å²) in [5.74, 6) is -0.144. The highest BCUT2D eigenvalue weighted by molar-refractivity contribution is 5.26. The first-order valence-electron chi connectivity index (χ1n) is 5.76. The molecule has 1 saturated heterocycles. The molecule has 2 nitrogen and oxygen atoms in total.